The lowest BCUT2D eigenvalue weighted by Gasteiger charge is -2.19. The minimum atomic E-state index is -0.770. The molecule has 0 aromatic heterocycles. The Kier molecular flexibility index (Phi) is 6.47. The molecule has 2 unspecified atom stereocenters. The molecular formula is C20H26O6. The molecular weight excluding hydrogens is 336 g/mol. The second-order valence-electron chi connectivity index (χ2n) is 6.20. The van der Waals surface area contributed by atoms with Crippen LogP contribution < -0.4 is 4.74 Å². The van der Waals surface area contributed by atoms with Gasteiger partial charge in [-0.3, -0.25) is 0 Å². The van der Waals surface area contributed by atoms with Crippen LogP contribution in [0.4, 0.5) is 0 Å². The Morgan fingerprint density at radius 1 is 0.846 bits per heavy atom. The fourth-order valence-corrected chi connectivity index (χ4v) is 2.89. The molecule has 2 atom stereocenters. The highest BCUT2D eigenvalue weighted by atomic mass is 16.5. The van der Waals surface area contributed by atoms with Crippen molar-refractivity contribution in [2.45, 2.75) is 45.5 Å². The molecule has 0 fully saturated rings. The van der Waals surface area contributed by atoms with Crippen molar-refractivity contribution >= 4 is 0 Å². The Labute approximate surface area is 152 Å². The van der Waals surface area contributed by atoms with Crippen molar-refractivity contribution in [3.8, 4) is 28.4 Å². The molecule has 0 aliphatic carbocycles. The summed E-state index contributed by atoms with van der Waals surface area (Å²) in [5.41, 5.74) is 1.79. The monoisotopic (exact) mass is 362 g/mol. The minimum absolute atomic E-state index is 0.163. The van der Waals surface area contributed by atoms with E-state index in [1.165, 1.54) is 13.2 Å². The first-order valence-corrected chi connectivity index (χ1v) is 8.61. The number of benzene rings is 2. The first kappa shape index (κ1) is 20.0. The molecule has 2 aromatic rings. The topological polar surface area (TPSA) is 110 Å². The summed E-state index contributed by atoms with van der Waals surface area (Å²) in [5.74, 6) is -0.224. The summed E-state index contributed by atoms with van der Waals surface area (Å²) in [7, 11) is 1.40. The maximum Gasteiger partial charge on any atom is 0.165 e. The largest absolute Gasteiger partial charge is 0.507 e. The summed E-state index contributed by atoms with van der Waals surface area (Å²) in [4.78, 5) is 0. The second kappa shape index (κ2) is 8.40. The van der Waals surface area contributed by atoms with Gasteiger partial charge in [0.25, 0.3) is 0 Å². The lowest BCUT2D eigenvalue weighted by molar-refractivity contribution is 0.172. The zero-order chi connectivity index (χ0) is 19.4. The number of phenols is 2. The highest BCUT2D eigenvalue weighted by molar-refractivity contribution is 5.80. The summed E-state index contributed by atoms with van der Waals surface area (Å²) >= 11 is 0. The van der Waals surface area contributed by atoms with Gasteiger partial charge in [0.05, 0.1) is 25.9 Å². The van der Waals surface area contributed by atoms with Crippen molar-refractivity contribution in [3.63, 3.8) is 0 Å². The van der Waals surface area contributed by atoms with Crippen LogP contribution in [0.2, 0.25) is 0 Å². The molecule has 0 saturated heterocycles. The van der Waals surface area contributed by atoms with Crippen LogP contribution in [0.25, 0.3) is 11.1 Å². The number of rotatable bonds is 7. The molecule has 6 nitrogen and oxygen atoms in total. The fourth-order valence-electron chi connectivity index (χ4n) is 2.89. The number of phenolic OH excluding ortho intramolecular Hbond substituents is 1. The first-order chi connectivity index (χ1) is 12.4. The molecule has 0 spiro atoms. The van der Waals surface area contributed by atoms with E-state index in [0.29, 0.717) is 24.0 Å². The molecule has 26 heavy (non-hydrogen) atoms. The van der Waals surface area contributed by atoms with Crippen molar-refractivity contribution in [1.82, 2.24) is 0 Å². The van der Waals surface area contributed by atoms with Crippen LogP contribution in [0.5, 0.6) is 17.2 Å². The Bertz CT molecular complexity index is 706. The van der Waals surface area contributed by atoms with Gasteiger partial charge >= 0.3 is 0 Å². The highest BCUT2D eigenvalue weighted by Crippen LogP contribution is 2.45. The zero-order valence-corrected chi connectivity index (χ0v) is 15.2. The van der Waals surface area contributed by atoms with Gasteiger partial charge in [-0.1, -0.05) is 13.8 Å². The molecule has 2 aromatic carbocycles. The van der Waals surface area contributed by atoms with Gasteiger partial charge in [0.2, 0.25) is 0 Å². The van der Waals surface area contributed by atoms with Crippen LogP contribution in [0, 0.1) is 0 Å². The average Bonchev–Trinajstić information content (AvgIpc) is 2.67. The SMILES string of the molecule is CCC(O)c1cc(CO)c(O)c(-c2cc(C(O)CC)cc(OC)c2O)c1. The Hall–Kier alpha value is -2.28. The number of methoxy groups -OCH3 is 1. The third-order valence-electron chi connectivity index (χ3n) is 4.53. The smallest absolute Gasteiger partial charge is 0.165 e. The van der Waals surface area contributed by atoms with E-state index in [-0.39, 0.29) is 33.9 Å². The van der Waals surface area contributed by atoms with E-state index in [1.54, 1.807) is 18.2 Å². The Balaban J connectivity index is 2.77. The third kappa shape index (κ3) is 3.77. The van der Waals surface area contributed by atoms with E-state index >= 15 is 0 Å². The van der Waals surface area contributed by atoms with Crippen LogP contribution in [-0.4, -0.2) is 32.6 Å². The van der Waals surface area contributed by atoms with Gasteiger partial charge in [0.1, 0.15) is 5.75 Å². The maximum atomic E-state index is 10.6. The summed E-state index contributed by atoms with van der Waals surface area (Å²) < 4.78 is 5.20. The van der Waals surface area contributed by atoms with Crippen LogP contribution >= 0.6 is 0 Å². The van der Waals surface area contributed by atoms with Crippen LogP contribution in [0.1, 0.15) is 55.6 Å². The maximum absolute atomic E-state index is 10.6. The normalized spacial score (nSPS) is 13.5. The van der Waals surface area contributed by atoms with E-state index in [0.717, 1.165) is 0 Å². The molecule has 0 amide bonds. The summed E-state index contributed by atoms with van der Waals surface area (Å²) in [6, 6.07) is 6.22. The number of hydrogen-bond donors (Lipinski definition) is 5. The highest BCUT2D eigenvalue weighted by Gasteiger charge is 2.21. The fraction of sp³-hybridized carbons (Fsp3) is 0.400. The summed E-state index contributed by atoms with van der Waals surface area (Å²) in [6.07, 6.45) is -0.602. The summed E-state index contributed by atoms with van der Waals surface area (Å²) in [5, 5.41) is 51.0. The van der Waals surface area contributed by atoms with E-state index < -0.39 is 18.8 Å². The van der Waals surface area contributed by atoms with Gasteiger partial charge in [0, 0.05) is 16.7 Å². The van der Waals surface area contributed by atoms with Crippen molar-refractivity contribution in [2.75, 3.05) is 7.11 Å². The van der Waals surface area contributed by atoms with E-state index in [1.807, 2.05) is 13.8 Å². The van der Waals surface area contributed by atoms with Crippen LogP contribution in [0.3, 0.4) is 0 Å². The number of ether oxygens (including phenoxy) is 1. The predicted molar refractivity (Wildman–Crippen MR) is 98.2 cm³/mol. The number of aliphatic hydroxyl groups is 3. The van der Waals surface area contributed by atoms with Gasteiger partial charge in [-0.25, -0.2) is 0 Å². The van der Waals surface area contributed by atoms with Crippen molar-refractivity contribution in [3.05, 3.63) is 41.0 Å². The molecule has 0 radical (unpaired) electrons. The quantitative estimate of drug-likeness (QED) is 0.517. The van der Waals surface area contributed by atoms with Gasteiger partial charge in [0.15, 0.2) is 11.5 Å². The van der Waals surface area contributed by atoms with Crippen LogP contribution in [-0.2, 0) is 6.61 Å². The van der Waals surface area contributed by atoms with Gasteiger partial charge < -0.3 is 30.3 Å². The number of hydrogen-bond acceptors (Lipinski definition) is 6. The molecule has 0 aliphatic heterocycles. The third-order valence-corrected chi connectivity index (χ3v) is 4.53. The summed E-state index contributed by atoms with van der Waals surface area (Å²) in [6.45, 7) is 3.22. The molecule has 6 heteroatoms. The van der Waals surface area contributed by atoms with E-state index in [9.17, 15) is 25.5 Å². The minimum Gasteiger partial charge on any atom is -0.507 e. The second-order valence-corrected chi connectivity index (χ2v) is 6.20. The first-order valence-electron chi connectivity index (χ1n) is 8.61. The lowest BCUT2D eigenvalue weighted by Crippen LogP contribution is -2.01. The molecule has 0 aliphatic rings. The Morgan fingerprint density at radius 2 is 1.35 bits per heavy atom. The molecule has 0 heterocycles. The molecule has 0 bridgehead atoms. The van der Waals surface area contributed by atoms with Gasteiger partial charge in [-0.15, -0.1) is 0 Å². The molecule has 5 N–H and O–H groups in total. The Morgan fingerprint density at radius 3 is 1.81 bits per heavy atom. The number of aromatic hydroxyl groups is 2. The average molecular weight is 362 g/mol. The predicted octanol–water partition coefficient (Wildman–Crippen LogP) is 3.15. The molecule has 142 valence electrons. The van der Waals surface area contributed by atoms with E-state index in [4.69, 9.17) is 4.74 Å². The molecule has 2 rings (SSSR count). The van der Waals surface area contributed by atoms with Gasteiger partial charge in [-0.2, -0.15) is 0 Å². The lowest BCUT2D eigenvalue weighted by atomic mass is 9.92. The number of aliphatic hydroxyl groups excluding tert-OH is 3. The standard InChI is InChI=1S/C20H26O6/c1-4-16(22)11-6-13(10-21)19(24)14(7-11)15-8-12(17(23)5-2)9-18(26-3)20(15)25/h6-9,16-17,21-25H,4-5,10H2,1-3H3. The van der Waals surface area contributed by atoms with E-state index in [2.05, 4.69) is 0 Å². The van der Waals surface area contributed by atoms with Gasteiger partial charge in [-0.05, 0) is 48.2 Å². The van der Waals surface area contributed by atoms with Crippen LogP contribution in [0.15, 0.2) is 24.3 Å². The van der Waals surface area contributed by atoms with Crippen molar-refractivity contribution < 1.29 is 30.3 Å². The van der Waals surface area contributed by atoms with Crippen molar-refractivity contribution in [2.24, 2.45) is 0 Å². The molecule has 0 saturated carbocycles. The van der Waals surface area contributed by atoms with Crippen molar-refractivity contribution in [1.29, 1.82) is 0 Å². The zero-order valence-electron chi connectivity index (χ0n) is 15.2.